The average Bonchev–Trinajstić information content (AvgIpc) is 3.35. The van der Waals surface area contributed by atoms with Gasteiger partial charge in [0.15, 0.2) is 5.78 Å². The van der Waals surface area contributed by atoms with Gasteiger partial charge in [-0.2, -0.15) is 0 Å². The van der Waals surface area contributed by atoms with Crippen molar-refractivity contribution in [2.24, 2.45) is 23.2 Å². The molecule has 0 heterocycles. The Morgan fingerprint density at radius 2 is 1.80 bits per heavy atom. The first-order chi connectivity index (χ1) is 24.3. The number of rotatable bonds is 10. The Kier molecular flexibility index (Phi) is 13.2. The molecule has 0 saturated heterocycles. The van der Waals surface area contributed by atoms with E-state index in [1.807, 2.05) is 36.4 Å². The minimum absolute atomic E-state index is 0.0475. The Labute approximate surface area is 306 Å². The van der Waals surface area contributed by atoms with Crippen LogP contribution in [0.15, 0.2) is 60.2 Å². The van der Waals surface area contributed by atoms with E-state index in [9.17, 15) is 19.8 Å². The maximum Gasteiger partial charge on any atom is 0.410 e. The molecule has 6 rings (SSSR count). The number of carbonyl (C=O) groups excluding carboxylic acids is 2. The molecule has 1 amide bonds. The minimum Gasteiger partial charge on any atom is -0.446 e. The second-order valence-electron chi connectivity index (χ2n) is 16.7. The van der Waals surface area contributed by atoms with E-state index in [-0.39, 0.29) is 30.4 Å². The van der Waals surface area contributed by atoms with Crippen LogP contribution in [0.5, 0.6) is 0 Å². The molecule has 2 saturated carbocycles. The van der Waals surface area contributed by atoms with Crippen LogP contribution in [-0.2, 0) is 15.9 Å². The van der Waals surface area contributed by atoms with Gasteiger partial charge in [0.25, 0.3) is 0 Å². The summed E-state index contributed by atoms with van der Waals surface area (Å²) in [5.41, 5.74) is 2.48. The molecule has 2 aromatic carbocycles. The third kappa shape index (κ3) is 9.15. The van der Waals surface area contributed by atoms with E-state index in [0.717, 1.165) is 43.2 Å². The van der Waals surface area contributed by atoms with Crippen molar-refractivity contribution in [3.63, 3.8) is 0 Å². The number of aliphatic hydroxyl groups excluding tert-OH is 1. The molecule has 4 aliphatic carbocycles. The molecule has 7 nitrogen and oxygen atoms in total. The minimum atomic E-state index is -1.22. The highest BCUT2D eigenvalue weighted by molar-refractivity contribution is 6.10. The fraction of sp³-hybridized carbons (Fsp3) is 0.636. The van der Waals surface area contributed by atoms with Gasteiger partial charge < -0.3 is 24.6 Å². The summed E-state index contributed by atoms with van der Waals surface area (Å²) >= 11 is 0. The molecular formula is C44H63NO6. The second kappa shape index (κ2) is 17.2. The molecule has 280 valence electrons. The highest BCUT2D eigenvalue weighted by atomic mass is 16.6. The summed E-state index contributed by atoms with van der Waals surface area (Å²) in [4.78, 5) is 30.2. The fourth-order valence-electron chi connectivity index (χ4n) is 9.35. The quantitative estimate of drug-likeness (QED) is 0.146. The predicted molar refractivity (Wildman–Crippen MR) is 203 cm³/mol. The number of allylic oxidation sites excluding steroid dienone is 2. The molecule has 0 radical (unpaired) electrons. The van der Waals surface area contributed by atoms with Crippen molar-refractivity contribution < 1.29 is 29.3 Å². The molecule has 2 N–H and O–H groups in total. The molecule has 7 unspecified atom stereocenters. The number of fused-ring (bicyclic) bond motifs is 8. The zero-order valence-electron chi connectivity index (χ0n) is 32.0. The molecule has 51 heavy (non-hydrogen) atoms. The van der Waals surface area contributed by atoms with Gasteiger partial charge >= 0.3 is 6.09 Å². The Morgan fingerprint density at radius 3 is 2.53 bits per heavy atom. The summed E-state index contributed by atoms with van der Waals surface area (Å²) in [6.45, 7) is 12.1. The predicted octanol–water partition coefficient (Wildman–Crippen LogP) is 8.89. The van der Waals surface area contributed by atoms with Gasteiger partial charge in [-0.3, -0.25) is 4.79 Å². The van der Waals surface area contributed by atoms with E-state index >= 15 is 0 Å². The lowest BCUT2D eigenvalue weighted by molar-refractivity contribution is -0.0868. The largest absolute Gasteiger partial charge is 0.446 e. The second-order valence-corrected chi connectivity index (χ2v) is 16.7. The van der Waals surface area contributed by atoms with Gasteiger partial charge in [-0.05, 0) is 112 Å². The highest BCUT2D eigenvalue weighted by Crippen LogP contribution is 2.59. The first-order valence-electron chi connectivity index (χ1n) is 19.6. The molecule has 0 aliphatic heterocycles. The first-order valence-corrected chi connectivity index (χ1v) is 19.6. The lowest BCUT2D eigenvalue weighted by Gasteiger charge is -2.46. The standard InChI is InChI=1S/C44H63NO6/c1-30(2)36-19-16-32(4)26-40(36)51-42(48)45(24-11-25-50-6)29-44(49)23-21-39-37-20-17-33(28-38(37)41(47)34-13-8-7-9-14-34)27-35(46)18-15-31(3)12-10-22-43(39,44)5/h7-9,12-14,17,20,28,30,32,35-36,39-40,46,49H,10-11,15-16,18-19,21-27,29H2,1-6H3. The van der Waals surface area contributed by atoms with Crippen molar-refractivity contribution in [1.29, 1.82) is 0 Å². The van der Waals surface area contributed by atoms with Gasteiger partial charge in [-0.25, -0.2) is 4.79 Å². The lowest BCUT2D eigenvalue weighted by Crippen LogP contribution is -2.54. The normalized spacial score (nSPS) is 30.0. The number of amides is 1. The number of methoxy groups -OCH3 is 1. The van der Waals surface area contributed by atoms with E-state index < -0.39 is 17.1 Å². The number of hydrogen-bond donors (Lipinski definition) is 2. The van der Waals surface area contributed by atoms with E-state index in [2.05, 4.69) is 52.8 Å². The Bertz CT molecular complexity index is 1500. The van der Waals surface area contributed by atoms with E-state index in [0.29, 0.717) is 80.6 Å². The Balaban J connectivity index is 1.53. The molecule has 4 aliphatic rings. The van der Waals surface area contributed by atoms with Crippen molar-refractivity contribution in [3.05, 3.63) is 82.4 Å². The summed E-state index contributed by atoms with van der Waals surface area (Å²) in [7, 11) is 1.67. The maximum atomic E-state index is 14.3. The van der Waals surface area contributed by atoms with Crippen molar-refractivity contribution in [1.82, 2.24) is 4.90 Å². The van der Waals surface area contributed by atoms with Crippen molar-refractivity contribution in [3.8, 4) is 0 Å². The number of ketones is 1. The monoisotopic (exact) mass is 701 g/mol. The van der Waals surface area contributed by atoms with Crippen LogP contribution >= 0.6 is 0 Å². The van der Waals surface area contributed by atoms with Crippen LogP contribution < -0.4 is 0 Å². The average molecular weight is 702 g/mol. The maximum absolute atomic E-state index is 14.3. The number of nitrogens with zero attached hydrogens (tertiary/aromatic N) is 1. The van der Waals surface area contributed by atoms with Crippen LogP contribution in [0.4, 0.5) is 4.79 Å². The third-order valence-corrected chi connectivity index (χ3v) is 12.7. The third-order valence-electron chi connectivity index (χ3n) is 12.7. The number of benzene rings is 2. The van der Waals surface area contributed by atoms with Crippen molar-refractivity contribution >= 4 is 11.9 Å². The van der Waals surface area contributed by atoms with Gasteiger partial charge in [-0.1, -0.05) is 88.2 Å². The lowest BCUT2D eigenvalue weighted by atomic mass is 9.64. The Hall–Kier alpha value is -3.00. The van der Waals surface area contributed by atoms with E-state index in [1.54, 1.807) is 12.0 Å². The van der Waals surface area contributed by atoms with Gasteiger partial charge in [0, 0.05) is 36.8 Å². The first kappa shape index (κ1) is 39.2. The zero-order valence-corrected chi connectivity index (χ0v) is 32.0. The zero-order chi connectivity index (χ0) is 36.8. The molecule has 0 aromatic heterocycles. The van der Waals surface area contributed by atoms with E-state index in [1.165, 1.54) is 5.57 Å². The van der Waals surface area contributed by atoms with Crippen LogP contribution in [-0.4, -0.2) is 71.6 Å². The van der Waals surface area contributed by atoms with Gasteiger partial charge in [0.05, 0.1) is 18.2 Å². The molecule has 2 aromatic rings. The van der Waals surface area contributed by atoms with Crippen molar-refractivity contribution in [2.45, 2.75) is 129 Å². The number of ether oxygens (including phenoxy) is 2. The van der Waals surface area contributed by atoms with Crippen LogP contribution in [0.25, 0.3) is 0 Å². The topological polar surface area (TPSA) is 96.3 Å². The molecule has 2 fully saturated rings. The number of carbonyl (C=O) groups is 2. The van der Waals surface area contributed by atoms with Gasteiger partial charge in [0.2, 0.25) is 0 Å². The van der Waals surface area contributed by atoms with Crippen molar-refractivity contribution in [2.75, 3.05) is 26.8 Å². The number of aliphatic hydroxyl groups is 2. The summed E-state index contributed by atoms with van der Waals surface area (Å²) < 4.78 is 11.8. The fourth-order valence-corrected chi connectivity index (χ4v) is 9.35. The summed E-state index contributed by atoms with van der Waals surface area (Å²) in [6, 6.07) is 15.5. The van der Waals surface area contributed by atoms with Crippen LogP contribution in [0.1, 0.15) is 132 Å². The van der Waals surface area contributed by atoms with Crippen LogP contribution in [0.3, 0.4) is 0 Å². The van der Waals surface area contributed by atoms with Crippen LogP contribution in [0, 0.1) is 23.2 Å². The van der Waals surface area contributed by atoms with Gasteiger partial charge in [-0.15, -0.1) is 0 Å². The highest BCUT2D eigenvalue weighted by Gasteiger charge is 2.58. The summed E-state index contributed by atoms with van der Waals surface area (Å²) in [5, 5.41) is 23.9. The molecule has 7 heteroatoms. The number of hydrogen-bond acceptors (Lipinski definition) is 6. The van der Waals surface area contributed by atoms with Crippen LogP contribution in [0.2, 0.25) is 0 Å². The molecular weight excluding hydrogens is 638 g/mol. The van der Waals surface area contributed by atoms with E-state index in [4.69, 9.17) is 9.47 Å². The SMILES string of the molecule is COCCCN(CC1(O)CCC2c3ccc(cc3C(=O)c3ccccc3)CC(O)CCC(C)=CCCC21C)C(=O)OC1CC(C)CCC1C(C)C. The molecule has 2 bridgehead atoms. The molecule has 7 atom stereocenters. The summed E-state index contributed by atoms with van der Waals surface area (Å²) in [5.74, 6) is 1.07. The molecule has 0 spiro atoms. The Morgan fingerprint density at radius 1 is 1.04 bits per heavy atom. The smallest absolute Gasteiger partial charge is 0.410 e. The summed E-state index contributed by atoms with van der Waals surface area (Å²) in [6.07, 6.45) is 9.49. The van der Waals surface area contributed by atoms with Gasteiger partial charge in [0.1, 0.15) is 6.10 Å².